The molecule has 2 rings (SSSR count). The summed E-state index contributed by atoms with van der Waals surface area (Å²) in [6, 6.07) is 3.12. The van der Waals surface area contributed by atoms with Crippen molar-refractivity contribution in [2.45, 2.75) is 25.8 Å². The monoisotopic (exact) mass is 197 g/mol. The molecule has 0 aliphatic carbocycles. The fraction of sp³-hybridized carbons (Fsp3) is 0.455. The standard InChI is InChI=1S/C11H13F2N/c1-2-7-8(10-5-6-14-10)3-4-9(12)11(7)13/h3-4,10,14H,2,5-6H2,1H3/t10-/m0/s1. The Hall–Kier alpha value is -0.960. The summed E-state index contributed by atoms with van der Waals surface area (Å²) in [7, 11) is 0. The Morgan fingerprint density at radius 1 is 1.43 bits per heavy atom. The molecule has 1 heterocycles. The van der Waals surface area contributed by atoms with E-state index in [0.717, 1.165) is 18.5 Å². The molecule has 0 amide bonds. The van der Waals surface area contributed by atoms with Gasteiger partial charge in [0, 0.05) is 6.04 Å². The van der Waals surface area contributed by atoms with E-state index in [1.54, 1.807) is 6.07 Å². The number of halogens is 2. The minimum atomic E-state index is -0.745. The Morgan fingerprint density at radius 3 is 2.64 bits per heavy atom. The van der Waals surface area contributed by atoms with Gasteiger partial charge in [0.05, 0.1) is 0 Å². The number of benzene rings is 1. The highest BCUT2D eigenvalue weighted by molar-refractivity contribution is 5.33. The second-order valence-corrected chi connectivity index (χ2v) is 3.58. The molecule has 1 nitrogen and oxygen atoms in total. The Labute approximate surface area is 82.1 Å². The molecular weight excluding hydrogens is 184 g/mol. The highest BCUT2D eigenvalue weighted by Gasteiger charge is 2.23. The average Bonchev–Trinajstić information content (AvgIpc) is 2.09. The molecule has 1 saturated heterocycles. The van der Waals surface area contributed by atoms with Crippen molar-refractivity contribution < 1.29 is 8.78 Å². The summed E-state index contributed by atoms with van der Waals surface area (Å²) in [4.78, 5) is 0. The van der Waals surface area contributed by atoms with Crippen LogP contribution in [0.3, 0.4) is 0 Å². The van der Waals surface area contributed by atoms with Crippen LogP contribution in [0.1, 0.15) is 30.5 Å². The van der Waals surface area contributed by atoms with Crippen molar-refractivity contribution in [3.05, 3.63) is 34.9 Å². The Balaban J connectivity index is 2.43. The van der Waals surface area contributed by atoms with Gasteiger partial charge in [-0.1, -0.05) is 13.0 Å². The van der Waals surface area contributed by atoms with Gasteiger partial charge >= 0.3 is 0 Å². The summed E-state index contributed by atoms with van der Waals surface area (Å²) < 4.78 is 26.3. The van der Waals surface area contributed by atoms with E-state index in [1.165, 1.54) is 6.07 Å². The van der Waals surface area contributed by atoms with Crippen LogP contribution in [0.5, 0.6) is 0 Å². The van der Waals surface area contributed by atoms with Crippen LogP contribution in [0.2, 0.25) is 0 Å². The zero-order chi connectivity index (χ0) is 10.1. The first-order chi connectivity index (χ1) is 6.74. The van der Waals surface area contributed by atoms with Crippen LogP contribution >= 0.6 is 0 Å². The summed E-state index contributed by atoms with van der Waals surface area (Å²) in [6.07, 6.45) is 1.55. The van der Waals surface area contributed by atoms with E-state index in [4.69, 9.17) is 0 Å². The van der Waals surface area contributed by atoms with Crippen molar-refractivity contribution in [1.29, 1.82) is 0 Å². The summed E-state index contributed by atoms with van der Waals surface area (Å²) in [5.74, 6) is -1.43. The molecule has 1 N–H and O–H groups in total. The van der Waals surface area contributed by atoms with Crippen LogP contribution in [0.15, 0.2) is 12.1 Å². The molecule has 1 aliphatic heterocycles. The highest BCUT2D eigenvalue weighted by Crippen LogP contribution is 2.28. The second kappa shape index (κ2) is 3.65. The van der Waals surface area contributed by atoms with E-state index in [2.05, 4.69) is 5.32 Å². The molecular formula is C11H13F2N. The van der Waals surface area contributed by atoms with Crippen molar-refractivity contribution in [1.82, 2.24) is 5.32 Å². The molecule has 76 valence electrons. The van der Waals surface area contributed by atoms with Crippen LogP contribution in [-0.2, 0) is 6.42 Å². The molecule has 0 radical (unpaired) electrons. The quantitative estimate of drug-likeness (QED) is 0.768. The predicted molar refractivity (Wildman–Crippen MR) is 51.1 cm³/mol. The summed E-state index contributed by atoms with van der Waals surface area (Å²) in [6.45, 7) is 2.81. The maximum atomic E-state index is 13.4. The zero-order valence-corrected chi connectivity index (χ0v) is 8.11. The van der Waals surface area contributed by atoms with Gasteiger partial charge in [-0.3, -0.25) is 0 Å². The molecule has 0 unspecified atom stereocenters. The fourth-order valence-corrected chi connectivity index (χ4v) is 1.85. The van der Waals surface area contributed by atoms with Crippen LogP contribution in [-0.4, -0.2) is 6.54 Å². The predicted octanol–water partition coefficient (Wildman–Crippen LogP) is 2.56. The minimum absolute atomic E-state index is 0.222. The zero-order valence-electron chi connectivity index (χ0n) is 8.11. The average molecular weight is 197 g/mol. The lowest BCUT2D eigenvalue weighted by atomic mass is 9.92. The molecule has 1 aliphatic rings. The van der Waals surface area contributed by atoms with Crippen molar-refractivity contribution >= 4 is 0 Å². The molecule has 1 fully saturated rings. The molecule has 0 aromatic heterocycles. The van der Waals surface area contributed by atoms with Crippen LogP contribution < -0.4 is 5.32 Å². The third-order valence-corrected chi connectivity index (χ3v) is 2.79. The van der Waals surface area contributed by atoms with Crippen LogP contribution in [0, 0.1) is 11.6 Å². The number of hydrogen-bond donors (Lipinski definition) is 1. The molecule has 0 saturated carbocycles. The minimum Gasteiger partial charge on any atom is -0.310 e. The fourth-order valence-electron chi connectivity index (χ4n) is 1.85. The summed E-state index contributed by atoms with van der Waals surface area (Å²) in [5.41, 5.74) is 1.43. The summed E-state index contributed by atoms with van der Waals surface area (Å²) in [5, 5.41) is 3.19. The molecule has 14 heavy (non-hydrogen) atoms. The molecule has 0 spiro atoms. The molecule has 0 bridgehead atoms. The van der Waals surface area contributed by atoms with Gasteiger partial charge in [-0.05, 0) is 36.6 Å². The van der Waals surface area contributed by atoms with Gasteiger partial charge in [-0.25, -0.2) is 8.78 Å². The first kappa shape index (κ1) is 9.59. The Morgan fingerprint density at radius 2 is 2.14 bits per heavy atom. The molecule has 3 heteroatoms. The first-order valence-electron chi connectivity index (χ1n) is 4.94. The van der Waals surface area contributed by atoms with E-state index in [1.807, 2.05) is 6.92 Å². The first-order valence-corrected chi connectivity index (χ1v) is 4.94. The topological polar surface area (TPSA) is 12.0 Å². The lowest BCUT2D eigenvalue weighted by molar-refractivity contribution is 0.377. The van der Waals surface area contributed by atoms with E-state index in [0.29, 0.717) is 12.0 Å². The van der Waals surface area contributed by atoms with Gasteiger partial charge in [0.1, 0.15) is 0 Å². The Bertz CT molecular complexity index is 345. The van der Waals surface area contributed by atoms with Gasteiger partial charge in [0.15, 0.2) is 11.6 Å². The van der Waals surface area contributed by atoms with Gasteiger partial charge in [-0.2, -0.15) is 0 Å². The van der Waals surface area contributed by atoms with Crippen molar-refractivity contribution in [2.75, 3.05) is 6.54 Å². The van der Waals surface area contributed by atoms with E-state index in [-0.39, 0.29) is 6.04 Å². The van der Waals surface area contributed by atoms with Crippen molar-refractivity contribution in [3.8, 4) is 0 Å². The SMILES string of the molecule is CCc1c([C@@H]2CCN2)ccc(F)c1F. The van der Waals surface area contributed by atoms with E-state index in [9.17, 15) is 8.78 Å². The second-order valence-electron chi connectivity index (χ2n) is 3.58. The van der Waals surface area contributed by atoms with Gasteiger partial charge in [0.25, 0.3) is 0 Å². The van der Waals surface area contributed by atoms with Gasteiger partial charge in [0.2, 0.25) is 0 Å². The summed E-state index contributed by atoms with van der Waals surface area (Å²) >= 11 is 0. The molecule has 1 aromatic rings. The molecule has 1 aromatic carbocycles. The maximum Gasteiger partial charge on any atom is 0.162 e. The Kier molecular flexibility index (Phi) is 2.50. The third kappa shape index (κ3) is 1.42. The van der Waals surface area contributed by atoms with Crippen LogP contribution in [0.4, 0.5) is 8.78 Å². The van der Waals surface area contributed by atoms with Crippen molar-refractivity contribution in [3.63, 3.8) is 0 Å². The van der Waals surface area contributed by atoms with E-state index < -0.39 is 11.6 Å². The van der Waals surface area contributed by atoms with Crippen molar-refractivity contribution in [2.24, 2.45) is 0 Å². The third-order valence-electron chi connectivity index (χ3n) is 2.79. The van der Waals surface area contributed by atoms with Gasteiger partial charge < -0.3 is 5.32 Å². The number of rotatable bonds is 2. The van der Waals surface area contributed by atoms with Crippen LogP contribution in [0.25, 0.3) is 0 Å². The lowest BCUT2D eigenvalue weighted by Gasteiger charge is -2.29. The van der Waals surface area contributed by atoms with E-state index >= 15 is 0 Å². The number of hydrogen-bond acceptors (Lipinski definition) is 1. The number of nitrogens with one attached hydrogen (secondary N) is 1. The lowest BCUT2D eigenvalue weighted by Crippen LogP contribution is -2.35. The largest absolute Gasteiger partial charge is 0.310 e. The highest BCUT2D eigenvalue weighted by atomic mass is 19.2. The maximum absolute atomic E-state index is 13.4. The smallest absolute Gasteiger partial charge is 0.162 e. The molecule has 1 atom stereocenters. The van der Waals surface area contributed by atoms with Gasteiger partial charge in [-0.15, -0.1) is 0 Å². The normalized spacial score (nSPS) is 20.6.